The molecular formula is C26H25N5OS. The summed E-state index contributed by atoms with van der Waals surface area (Å²) in [6, 6.07) is 27.9. The normalized spacial score (nSPS) is 11.2. The molecule has 3 aromatic carbocycles. The van der Waals surface area contributed by atoms with Gasteiger partial charge in [0.05, 0.1) is 12.0 Å². The second-order valence-corrected chi connectivity index (χ2v) is 8.69. The fourth-order valence-corrected chi connectivity index (χ4v) is 4.00. The minimum absolute atomic E-state index is 0.170. The van der Waals surface area contributed by atoms with Crippen molar-refractivity contribution >= 4 is 23.9 Å². The fourth-order valence-electron chi connectivity index (χ4n) is 3.26. The van der Waals surface area contributed by atoms with E-state index in [1.807, 2.05) is 77.4 Å². The highest BCUT2D eigenvalue weighted by atomic mass is 32.2. The second-order valence-electron chi connectivity index (χ2n) is 7.75. The number of carbonyl (C=O) groups is 1. The summed E-state index contributed by atoms with van der Waals surface area (Å²) in [5.41, 5.74) is 6.69. The third-order valence-corrected chi connectivity index (χ3v) is 5.95. The molecule has 0 aliphatic rings. The van der Waals surface area contributed by atoms with Crippen molar-refractivity contribution in [2.24, 2.45) is 5.10 Å². The summed E-state index contributed by atoms with van der Waals surface area (Å²) >= 11 is 1.32. The first-order valence-electron chi connectivity index (χ1n) is 10.7. The van der Waals surface area contributed by atoms with Crippen LogP contribution in [0.5, 0.6) is 0 Å². The van der Waals surface area contributed by atoms with E-state index in [2.05, 4.69) is 46.7 Å². The van der Waals surface area contributed by atoms with Crippen LogP contribution in [0.25, 0.3) is 17.1 Å². The summed E-state index contributed by atoms with van der Waals surface area (Å²) in [7, 11) is 0. The van der Waals surface area contributed by atoms with E-state index in [9.17, 15) is 4.79 Å². The molecule has 7 heteroatoms. The van der Waals surface area contributed by atoms with Crippen LogP contribution in [0, 0.1) is 0 Å². The number of nitrogens with zero attached hydrogens (tertiary/aromatic N) is 4. The lowest BCUT2D eigenvalue weighted by Crippen LogP contribution is -2.20. The maximum absolute atomic E-state index is 12.4. The van der Waals surface area contributed by atoms with Crippen LogP contribution in [0.2, 0.25) is 0 Å². The number of hydrazone groups is 1. The summed E-state index contributed by atoms with van der Waals surface area (Å²) < 4.78 is 1.97. The maximum Gasteiger partial charge on any atom is 0.250 e. The molecule has 0 fully saturated rings. The van der Waals surface area contributed by atoms with Crippen LogP contribution in [0.3, 0.4) is 0 Å². The first kappa shape index (κ1) is 22.5. The van der Waals surface area contributed by atoms with Crippen LogP contribution in [-0.2, 0) is 4.79 Å². The standard InChI is InChI=1S/C26H25N5OS/c1-19(2)21-15-13-20(14-16-21)17-27-28-24(32)18-33-26-30-29-25(22-9-5-3-6-10-22)31(26)23-11-7-4-8-12-23/h3-17,19H,18H2,1-2H3,(H,28,32)/b27-17+. The van der Waals surface area contributed by atoms with Gasteiger partial charge in [0.15, 0.2) is 11.0 Å². The number of amides is 1. The molecular weight excluding hydrogens is 430 g/mol. The maximum atomic E-state index is 12.4. The number of benzene rings is 3. The van der Waals surface area contributed by atoms with Gasteiger partial charge in [-0.15, -0.1) is 10.2 Å². The van der Waals surface area contributed by atoms with Crippen molar-refractivity contribution in [3.05, 3.63) is 96.1 Å². The number of para-hydroxylation sites is 1. The molecule has 4 aromatic rings. The van der Waals surface area contributed by atoms with Crippen molar-refractivity contribution in [2.45, 2.75) is 24.9 Å². The molecule has 33 heavy (non-hydrogen) atoms. The Balaban J connectivity index is 1.44. The van der Waals surface area contributed by atoms with Gasteiger partial charge in [-0.05, 0) is 29.2 Å². The molecule has 1 heterocycles. The SMILES string of the molecule is CC(C)c1ccc(/C=N/NC(=O)CSc2nnc(-c3ccccc3)n2-c2ccccc2)cc1. The second kappa shape index (κ2) is 10.7. The van der Waals surface area contributed by atoms with Crippen LogP contribution >= 0.6 is 11.8 Å². The summed E-state index contributed by atoms with van der Waals surface area (Å²) in [5.74, 6) is 1.17. The lowest BCUT2D eigenvalue weighted by atomic mass is 10.0. The lowest BCUT2D eigenvalue weighted by Gasteiger charge is -2.10. The molecule has 0 saturated heterocycles. The van der Waals surface area contributed by atoms with Crippen molar-refractivity contribution < 1.29 is 4.79 Å². The number of carbonyl (C=O) groups excluding carboxylic acids is 1. The smallest absolute Gasteiger partial charge is 0.250 e. The van der Waals surface area contributed by atoms with Crippen molar-refractivity contribution in [3.8, 4) is 17.1 Å². The number of hydrogen-bond donors (Lipinski definition) is 1. The Labute approximate surface area is 197 Å². The number of hydrogen-bond acceptors (Lipinski definition) is 5. The van der Waals surface area contributed by atoms with E-state index in [1.165, 1.54) is 17.3 Å². The van der Waals surface area contributed by atoms with Gasteiger partial charge < -0.3 is 0 Å². The van der Waals surface area contributed by atoms with Crippen molar-refractivity contribution in [1.29, 1.82) is 0 Å². The van der Waals surface area contributed by atoms with Gasteiger partial charge in [0, 0.05) is 11.3 Å². The highest BCUT2D eigenvalue weighted by Crippen LogP contribution is 2.27. The molecule has 0 aliphatic heterocycles. The van der Waals surface area contributed by atoms with Crippen LogP contribution in [0.4, 0.5) is 0 Å². The average molecular weight is 456 g/mol. The topological polar surface area (TPSA) is 72.2 Å². The monoisotopic (exact) mass is 455 g/mol. The van der Waals surface area contributed by atoms with Crippen molar-refractivity contribution in [2.75, 3.05) is 5.75 Å². The average Bonchev–Trinajstić information content (AvgIpc) is 3.28. The molecule has 166 valence electrons. The number of rotatable bonds is 8. The molecule has 1 amide bonds. The molecule has 0 saturated carbocycles. The Morgan fingerprint density at radius 3 is 2.30 bits per heavy atom. The molecule has 1 aromatic heterocycles. The number of nitrogens with one attached hydrogen (secondary N) is 1. The van der Waals surface area contributed by atoms with Crippen LogP contribution in [0.15, 0.2) is 95.2 Å². The Hall–Kier alpha value is -3.71. The minimum atomic E-state index is -0.209. The first-order valence-corrected chi connectivity index (χ1v) is 11.7. The van der Waals surface area contributed by atoms with Gasteiger partial charge in [-0.1, -0.05) is 98.4 Å². The fraction of sp³-hybridized carbons (Fsp3) is 0.154. The van der Waals surface area contributed by atoms with E-state index < -0.39 is 0 Å². The summed E-state index contributed by atoms with van der Waals surface area (Å²) in [6.07, 6.45) is 1.65. The quantitative estimate of drug-likeness (QED) is 0.222. The number of aromatic nitrogens is 3. The highest BCUT2D eigenvalue weighted by molar-refractivity contribution is 7.99. The molecule has 0 bridgehead atoms. The van der Waals surface area contributed by atoms with E-state index >= 15 is 0 Å². The lowest BCUT2D eigenvalue weighted by molar-refractivity contribution is -0.118. The van der Waals surface area contributed by atoms with Gasteiger partial charge >= 0.3 is 0 Å². The zero-order valence-electron chi connectivity index (χ0n) is 18.6. The van der Waals surface area contributed by atoms with Crippen molar-refractivity contribution in [3.63, 3.8) is 0 Å². The predicted octanol–water partition coefficient (Wildman–Crippen LogP) is 5.30. The molecule has 0 atom stereocenters. The molecule has 6 nitrogen and oxygen atoms in total. The van der Waals surface area contributed by atoms with Crippen LogP contribution < -0.4 is 5.43 Å². The van der Waals surface area contributed by atoms with Gasteiger partial charge in [-0.2, -0.15) is 5.10 Å². The molecule has 0 spiro atoms. The number of thioether (sulfide) groups is 1. The highest BCUT2D eigenvalue weighted by Gasteiger charge is 2.17. The molecule has 4 rings (SSSR count). The van der Waals surface area contributed by atoms with Gasteiger partial charge in [0.1, 0.15) is 0 Å². The van der Waals surface area contributed by atoms with Gasteiger partial charge in [0.2, 0.25) is 0 Å². The van der Waals surface area contributed by atoms with Gasteiger partial charge in [0.25, 0.3) is 5.91 Å². The molecule has 0 unspecified atom stereocenters. The third-order valence-electron chi connectivity index (χ3n) is 5.02. The van der Waals surface area contributed by atoms with E-state index in [0.29, 0.717) is 11.1 Å². The van der Waals surface area contributed by atoms with E-state index in [0.717, 1.165) is 22.6 Å². The van der Waals surface area contributed by atoms with Crippen molar-refractivity contribution in [1.82, 2.24) is 20.2 Å². The van der Waals surface area contributed by atoms with Gasteiger partial charge in [-0.25, -0.2) is 5.43 Å². The molecule has 1 N–H and O–H groups in total. The van der Waals surface area contributed by atoms with E-state index in [4.69, 9.17) is 0 Å². The van der Waals surface area contributed by atoms with Gasteiger partial charge in [-0.3, -0.25) is 9.36 Å². The zero-order chi connectivity index (χ0) is 23.0. The summed E-state index contributed by atoms with van der Waals surface area (Å²) in [5, 5.41) is 13.5. The third kappa shape index (κ3) is 5.75. The summed E-state index contributed by atoms with van der Waals surface area (Å²) in [6.45, 7) is 4.31. The Bertz CT molecular complexity index is 1220. The molecule has 0 radical (unpaired) electrons. The Morgan fingerprint density at radius 1 is 0.970 bits per heavy atom. The van der Waals surface area contributed by atoms with E-state index in [-0.39, 0.29) is 11.7 Å². The summed E-state index contributed by atoms with van der Waals surface area (Å²) in [4.78, 5) is 12.4. The largest absolute Gasteiger partial charge is 0.272 e. The molecule has 0 aliphatic carbocycles. The van der Waals surface area contributed by atoms with E-state index in [1.54, 1.807) is 6.21 Å². The Kier molecular flexibility index (Phi) is 7.32. The Morgan fingerprint density at radius 2 is 1.64 bits per heavy atom. The van der Waals surface area contributed by atoms with Crippen LogP contribution in [0.1, 0.15) is 30.9 Å². The first-order chi connectivity index (χ1) is 16.1. The zero-order valence-corrected chi connectivity index (χ0v) is 19.4. The minimum Gasteiger partial charge on any atom is -0.272 e. The van der Waals surface area contributed by atoms with Crippen LogP contribution in [-0.4, -0.2) is 32.6 Å². The predicted molar refractivity (Wildman–Crippen MR) is 134 cm³/mol.